The predicted octanol–water partition coefficient (Wildman–Crippen LogP) is 3.17. The van der Waals surface area contributed by atoms with Crippen molar-refractivity contribution in [3.05, 3.63) is 29.6 Å². The van der Waals surface area contributed by atoms with Gasteiger partial charge in [-0.1, -0.05) is 20.8 Å². The van der Waals surface area contributed by atoms with Crippen LogP contribution >= 0.6 is 0 Å². The Morgan fingerprint density at radius 3 is 2.40 bits per heavy atom. The summed E-state index contributed by atoms with van der Waals surface area (Å²) >= 11 is 0. The molecule has 0 aliphatic rings. The Bertz CT molecular complexity index is 389. The first-order chi connectivity index (χ1) is 6.80. The Hall–Kier alpha value is -1.38. The van der Waals surface area contributed by atoms with Crippen molar-refractivity contribution >= 4 is 11.5 Å². The standard InChI is InChI=1S/C12H17FN2/c1-8-7-9(5-6-10(8)13)15-11(14)12(2,3)4/h5-7H,1-4H3,(H2,14,15). The Balaban J connectivity index is 3.04. The van der Waals surface area contributed by atoms with Crippen LogP contribution in [-0.4, -0.2) is 5.84 Å². The maximum atomic E-state index is 13.0. The van der Waals surface area contributed by atoms with Crippen molar-refractivity contribution in [3.63, 3.8) is 0 Å². The number of nitrogens with zero attached hydrogens (tertiary/aromatic N) is 1. The van der Waals surface area contributed by atoms with Crippen molar-refractivity contribution < 1.29 is 4.39 Å². The normalized spacial score (nSPS) is 13.0. The molecule has 82 valence electrons. The van der Waals surface area contributed by atoms with Crippen molar-refractivity contribution in [2.45, 2.75) is 27.7 Å². The van der Waals surface area contributed by atoms with Gasteiger partial charge in [0.25, 0.3) is 0 Å². The van der Waals surface area contributed by atoms with Crippen LogP contribution in [0.5, 0.6) is 0 Å². The van der Waals surface area contributed by atoms with E-state index >= 15 is 0 Å². The molecule has 1 rings (SSSR count). The number of rotatable bonds is 1. The summed E-state index contributed by atoms with van der Waals surface area (Å²) in [6.07, 6.45) is 0. The first-order valence-corrected chi connectivity index (χ1v) is 4.91. The molecule has 0 aliphatic carbocycles. The summed E-state index contributed by atoms with van der Waals surface area (Å²) < 4.78 is 13.0. The van der Waals surface area contributed by atoms with Gasteiger partial charge in [0.2, 0.25) is 0 Å². The molecule has 1 aromatic carbocycles. The van der Waals surface area contributed by atoms with E-state index in [0.29, 0.717) is 17.1 Å². The number of halogens is 1. The van der Waals surface area contributed by atoms with E-state index in [0.717, 1.165) is 0 Å². The van der Waals surface area contributed by atoms with E-state index in [1.807, 2.05) is 20.8 Å². The highest BCUT2D eigenvalue weighted by molar-refractivity contribution is 5.87. The lowest BCUT2D eigenvalue weighted by atomic mass is 9.95. The lowest BCUT2D eigenvalue weighted by molar-refractivity contribution is 0.585. The molecule has 0 aromatic heterocycles. The van der Waals surface area contributed by atoms with Crippen LogP contribution in [0.15, 0.2) is 23.2 Å². The summed E-state index contributed by atoms with van der Waals surface area (Å²) in [4.78, 5) is 4.26. The first-order valence-electron chi connectivity index (χ1n) is 4.91. The SMILES string of the molecule is Cc1cc(N=C(N)C(C)(C)C)ccc1F. The number of aryl methyl sites for hydroxylation is 1. The fourth-order valence-electron chi connectivity index (χ4n) is 1.01. The smallest absolute Gasteiger partial charge is 0.126 e. The molecule has 2 N–H and O–H groups in total. The van der Waals surface area contributed by atoms with Gasteiger partial charge in [-0.05, 0) is 30.7 Å². The average molecular weight is 208 g/mol. The summed E-state index contributed by atoms with van der Waals surface area (Å²) in [6, 6.07) is 4.72. The van der Waals surface area contributed by atoms with Crippen molar-refractivity contribution in [2.24, 2.45) is 16.1 Å². The second-order valence-electron chi connectivity index (χ2n) is 4.68. The minimum Gasteiger partial charge on any atom is -0.387 e. The zero-order chi connectivity index (χ0) is 11.6. The third-order valence-corrected chi connectivity index (χ3v) is 2.16. The molecule has 0 spiro atoms. The van der Waals surface area contributed by atoms with E-state index in [1.165, 1.54) is 6.07 Å². The first kappa shape index (κ1) is 11.7. The van der Waals surface area contributed by atoms with Gasteiger partial charge in [0.15, 0.2) is 0 Å². The molecule has 0 bridgehead atoms. The van der Waals surface area contributed by atoms with E-state index in [4.69, 9.17) is 5.73 Å². The van der Waals surface area contributed by atoms with Crippen LogP contribution in [0.4, 0.5) is 10.1 Å². The van der Waals surface area contributed by atoms with E-state index in [-0.39, 0.29) is 11.2 Å². The summed E-state index contributed by atoms with van der Waals surface area (Å²) in [5, 5.41) is 0. The number of hydrogen-bond donors (Lipinski definition) is 1. The molecule has 0 saturated carbocycles. The van der Waals surface area contributed by atoms with Crippen LogP contribution in [0.25, 0.3) is 0 Å². The van der Waals surface area contributed by atoms with Crippen LogP contribution in [0, 0.1) is 18.2 Å². The molecular weight excluding hydrogens is 191 g/mol. The van der Waals surface area contributed by atoms with Crippen molar-refractivity contribution in [1.82, 2.24) is 0 Å². The monoisotopic (exact) mass is 208 g/mol. The molecule has 0 heterocycles. The predicted molar refractivity (Wildman–Crippen MR) is 61.9 cm³/mol. The lowest BCUT2D eigenvalue weighted by Crippen LogP contribution is -2.28. The van der Waals surface area contributed by atoms with Gasteiger partial charge in [-0.15, -0.1) is 0 Å². The summed E-state index contributed by atoms with van der Waals surface area (Å²) in [6.45, 7) is 7.67. The minimum absolute atomic E-state index is 0.164. The topological polar surface area (TPSA) is 38.4 Å². The van der Waals surface area contributed by atoms with Gasteiger partial charge in [-0.25, -0.2) is 9.38 Å². The van der Waals surface area contributed by atoms with E-state index in [2.05, 4.69) is 4.99 Å². The number of benzene rings is 1. The molecule has 0 amide bonds. The third-order valence-electron chi connectivity index (χ3n) is 2.16. The average Bonchev–Trinajstić information content (AvgIpc) is 2.10. The highest BCUT2D eigenvalue weighted by Gasteiger charge is 2.15. The number of hydrogen-bond acceptors (Lipinski definition) is 1. The van der Waals surface area contributed by atoms with Gasteiger partial charge in [-0.3, -0.25) is 0 Å². The molecule has 0 fully saturated rings. The molecule has 2 nitrogen and oxygen atoms in total. The van der Waals surface area contributed by atoms with Crippen molar-refractivity contribution in [2.75, 3.05) is 0 Å². The number of amidine groups is 1. The molecule has 0 unspecified atom stereocenters. The van der Waals surface area contributed by atoms with Gasteiger partial charge in [-0.2, -0.15) is 0 Å². The van der Waals surface area contributed by atoms with E-state index < -0.39 is 0 Å². The van der Waals surface area contributed by atoms with E-state index in [9.17, 15) is 4.39 Å². The second-order valence-corrected chi connectivity index (χ2v) is 4.68. The molecule has 0 atom stereocenters. The summed E-state index contributed by atoms with van der Waals surface area (Å²) in [7, 11) is 0. The Morgan fingerprint density at radius 1 is 1.33 bits per heavy atom. The Labute approximate surface area is 90.0 Å². The van der Waals surface area contributed by atoms with Crippen LogP contribution < -0.4 is 5.73 Å². The largest absolute Gasteiger partial charge is 0.387 e. The maximum absolute atomic E-state index is 13.0. The lowest BCUT2D eigenvalue weighted by Gasteiger charge is -2.17. The molecule has 0 radical (unpaired) electrons. The maximum Gasteiger partial charge on any atom is 0.126 e. The quantitative estimate of drug-likeness (QED) is 0.558. The fraction of sp³-hybridized carbons (Fsp3) is 0.417. The second kappa shape index (κ2) is 4.01. The highest BCUT2D eigenvalue weighted by Crippen LogP contribution is 2.20. The molecule has 15 heavy (non-hydrogen) atoms. The van der Waals surface area contributed by atoms with Crippen LogP contribution in [0.2, 0.25) is 0 Å². The molecule has 0 aliphatic heterocycles. The zero-order valence-electron chi connectivity index (χ0n) is 9.63. The van der Waals surface area contributed by atoms with Gasteiger partial charge >= 0.3 is 0 Å². The number of nitrogens with two attached hydrogens (primary N) is 1. The summed E-state index contributed by atoms with van der Waals surface area (Å²) in [5.41, 5.74) is 6.94. The van der Waals surface area contributed by atoms with Crippen LogP contribution in [0.1, 0.15) is 26.3 Å². The molecular formula is C12H17FN2. The van der Waals surface area contributed by atoms with Crippen molar-refractivity contribution in [1.29, 1.82) is 0 Å². The zero-order valence-corrected chi connectivity index (χ0v) is 9.63. The fourth-order valence-corrected chi connectivity index (χ4v) is 1.01. The third kappa shape index (κ3) is 3.05. The van der Waals surface area contributed by atoms with Crippen LogP contribution in [-0.2, 0) is 0 Å². The molecule has 0 saturated heterocycles. The van der Waals surface area contributed by atoms with Gasteiger partial charge in [0.1, 0.15) is 11.7 Å². The van der Waals surface area contributed by atoms with E-state index in [1.54, 1.807) is 19.1 Å². The summed E-state index contributed by atoms with van der Waals surface area (Å²) in [5.74, 6) is 0.330. The van der Waals surface area contributed by atoms with Crippen LogP contribution in [0.3, 0.4) is 0 Å². The van der Waals surface area contributed by atoms with Crippen molar-refractivity contribution in [3.8, 4) is 0 Å². The molecule has 1 aromatic rings. The van der Waals surface area contributed by atoms with Gasteiger partial charge in [0.05, 0.1) is 5.69 Å². The van der Waals surface area contributed by atoms with Gasteiger partial charge in [0, 0.05) is 5.41 Å². The molecule has 3 heteroatoms. The number of aliphatic imine (C=N–C) groups is 1. The minimum atomic E-state index is -0.219. The van der Waals surface area contributed by atoms with Gasteiger partial charge < -0.3 is 5.73 Å². The Morgan fingerprint density at radius 2 is 1.93 bits per heavy atom. The highest BCUT2D eigenvalue weighted by atomic mass is 19.1. The Kier molecular flexibility index (Phi) is 3.12.